The second-order valence-corrected chi connectivity index (χ2v) is 5.74. The fraction of sp³-hybridized carbons (Fsp3) is 0.692. The van der Waals surface area contributed by atoms with Gasteiger partial charge in [-0.25, -0.2) is 0 Å². The van der Waals surface area contributed by atoms with E-state index in [1.54, 1.807) is 0 Å². The Morgan fingerprint density at radius 2 is 2.32 bits per heavy atom. The van der Waals surface area contributed by atoms with Gasteiger partial charge in [0.15, 0.2) is 5.69 Å². The smallest absolute Gasteiger partial charge is 0.274 e. The molecule has 2 fully saturated rings. The van der Waals surface area contributed by atoms with E-state index in [-0.39, 0.29) is 24.0 Å². The molecular weight excluding hydrogens is 244 g/mol. The zero-order chi connectivity index (χ0) is 13.6. The number of carbonyl (C=O) groups is 1. The van der Waals surface area contributed by atoms with Gasteiger partial charge in [0.25, 0.3) is 5.91 Å². The third-order valence-electron chi connectivity index (χ3n) is 4.05. The van der Waals surface area contributed by atoms with Crippen LogP contribution in [0.2, 0.25) is 0 Å². The van der Waals surface area contributed by atoms with Gasteiger partial charge in [-0.1, -0.05) is 13.8 Å². The van der Waals surface area contributed by atoms with Gasteiger partial charge in [-0.3, -0.25) is 9.89 Å². The topological polar surface area (TPSA) is 93.0 Å². The van der Waals surface area contributed by atoms with Crippen LogP contribution in [0.1, 0.15) is 55.2 Å². The van der Waals surface area contributed by atoms with Crippen molar-refractivity contribution in [2.45, 2.75) is 57.3 Å². The van der Waals surface area contributed by atoms with E-state index < -0.39 is 0 Å². The van der Waals surface area contributed by atoms with Crippen LogP contribution >= 0.6 is 0 Å². The first kappa shape index (κ1) is 12.5. The molecule has 6 nitrogen and oxygen atoms in total. The molecule has 2 bridgehead atoms. The Bertz CT molecular complexity index is 497. The largest absolute Gasteiger partial charge is 0.395 e. The van der Waals surface area contributed by atoms with E-state index in [1.807, 2.05) is 13.8 Å². The number of aromatic amines is 1. The molecule has 3 atom stereocenters. The van der Waals surface area contributed by atoms with E-state index in [0.29, 0.717) is 17.5 Å². The third-order valence-corrected chi connectivity index (χ3v) is 4.05. The maximum atomic E-state index is 12.2. The summed E-state index contributed by atoms with van der Waals surface area (Å²) in [6.45, 7) is 4.02. The van der Waals surface area contributed by atoms with Crippen molar-refractivity contribution in [1.82, 2.24) is 15.5 Å². The van der Waals surface area contributed by atoms with E-state index in [0.717, 1.165) is 25.0 Å². The molecule has 104 valence electrons. The first-order valence-electron chi connectivity index (χ1n) is 6.86. The highest BCUT2D eigenvalue weighted by Crippen LogP contribution is 2.34. The minimum atomic E-state index is -0.207. The number of carbonyl (C=O) groups excluding carboxylic acids is 1. The predicted octanol–water partition coefficient (Wildman–Crippen LogP) is 1.16. The summed E-state index contributed by atoms with van der Waals surface area (Å²) in [5.74, 6) is 0.0154. The molecule has 2 aliphatic heterocycles. The number of nitrogens with zero attached hydrogens (tertiary/aromatic N) is 1. The Kier molecular flexibility index (Phi) is 2.97. The highest BCUT2D eigenvalue weighted by molar-refractivity contribution is 5.97. The van der Waals surface area contributed by atoms with Gasteiger partial charge in [-0.15, -0.1) is 0 Å². The SMILES string of the molecule is CC(C)c1[nH]nc(C(=O)NC2CC3CCC2O3)c1N. The Hall–Kier alpha value is -1.56. The van der Waals surface area contributed by atoms with E-state index in [4.69, 9.17) is 10.5 Å². The van der Waals surface area contributed by atoms with Crippen molar-refractivity contribution in [3.05, 3.63) is 11.4 Å². The van der Waals surface area contributed by atoms with Crippen LogP contribution < -0.4 is 11.1 Å². The Balaban J connectivity index is 1.71. The number of anilines is 1. The van der Waals surface area contributed by atoms with Gasteiger partial charge in [0.1, 0.15) is 0 Å². The summed E-state index contributed by atoms with van der Waals surface area (Å²) in [5.41, 5.74) is 7.54. The number of fused-ring (bicyclic) bond motifs is 2. The van der Waals surface area contributed by atoms with Crippen LogP contribution in [0, 0.1) is 0 Å². The van der Waals surface area contributed by atoms with E-state index >= 15 is 0 Å². The second-order valence-electron chi connectivity index (χ2n) is 5.74. The number of hydrogen-bond acceptors (Lipinski definition) is 4. The maximum absolute atomic E-state index is 12.2. The van der Waals surface area contributed by atoms with Gasteiger partial charge < -0.3 is 15.8 Å². The second kappa shape index (κ2) is 4.52. The number of rotatable bonds is 3. The summed E-state index contributed by atoms with van der Waals surface area (Å²) in [4.78, 5) is 12.2. The van der Waals surface area contributed by atoms with Crippen molar-refractivity contribution in [3.8, 4) is 0 Å². The molecule has 3 rings (SSSR count). The molecule has 0 aliphatic carbocycles. The van der Waals surface area contributed by atoms with Crippen LogP contribution in [0.4, 0.5) is 5.69 Å². The van der Waals surface area contributed by atoms with Gasteiger partial charge in [0, 0.05) is 0 Å². The summed E-state index contributed by atoms with van der Waals surface area (Å²) in [5, 5.41) is 9.88. The number of nitrogens with one attached hydrogen (secondary N) is 2. The van der Waals surface area contributed by atoms with Crippen molar-refractivity contribution in [2.24, 2.45) is 0 Å². The van der Waals surface area contributed by atoms with Crippen LogP contribution in [0.25, 0.3) is 0 Å². The average Bonchev–Trinajstić information content (AvgIpc) is 3.02. The number of nitrogen functional groups attached to an aromatic ring is 1. The summed E-state index contributed by atoms with van der Waals surface area (Å²) in [6.07, 6.45) is 3.52. The molecule has 19 heavy (non-hydrogen) atoms. The lowest BCUT2D eigenvalue weighted by Crippen LogP contribution is -2.41. The molecule has 3 unspecified atom stereocenters. The van der Waals surface area contributed by atoms with Crippen molar-refractivity contribution in [1.29, 1.82) is 0 Å². The predicted molar refractivity (Wildman–Crippen MR) is 70.9 cm³/mol. The number of nitrogens with two attached hydrogens (primary N) is 1. The number of ether oxygens (including phenoxy) is 1. The molecular formula is C13H20N4O2. The van der Waals surface area contributed by atoms with Crippen LogP contribution in [0.5, 0.6) is 0 Å². The highest BCUT2D eigenvalue weighted by atomic mass is 16.5. The molecule has 6 heteroatoms. The standard InChI is InChI=1S/C13H20N4O2/c1-6(2)11-10(14)12(17-16-11)13(18)15-8-5-7-3-4-9(8)19-7/h6-9H,3-5,14H2,1-2H3,(H,15,18)(H,16,17). The van der Waals surface area contributed by atoms with Crippen molar-refractivity contribution in [3.63, 3.8) is 0 Å². The van der Waals surface area contributed by atoms with Crippen molar-refractivity contribution < 1.29 is 9.53 Å². The molecule has 2 aliphatic rings. The summed E-state index contributed by atoms with van der Waals surface area (Å²) < 4.78 is 5.72. The Morgan fingerprint density at radius 3 is 2.84 bits per heavy atom. The molecule has 0 aromatic carbocycles. The van der Waals surface area contributed by atoms with Gasteiger partial charge >= 0.3 is 0 Å². The zero-order valence-electron chi connectivity index (χ0n) is 11.3. The molecule has 1 amide bonds. The van der Waals surface area contributed by atoms with Gasteiger partial charge in [0.2, 0.25) is 0 Å². The maximum Gasteiger partial charge on any atom is 0.274 e. The fourth-order valence-electron chi connectivity index (χ4n) is 3.00. The number of H-pyrrole nitrogens is 1. The minimum absolute atomic E-state index is 0.102. The molecule has 4 N–H and O–H groups in total. The molecule has 1 aromatic rings. The minimum Gasteiger partial charge on any atom is -0.395 e. The molecule has 0 spiro atoms. The molecule has 1 aromatic heterocycles. The van der Waals surface area contributed by atoms with Crippen LogP contribution in [0.15, 0.2) is 0 Å². The summed E-state index contributed by atoms with van der Waals surface area (Å²) >= 11 is 0. The summed E-state index contributed by atoms with van der Waals surface area (Å²) in [6, 6.07) is 0.102. The number of aromatic nitrogens is 2. The molecule has 3 heterocycles. The summed E-state index contributed by atoms with van der Waals surface area (Å²) in [7, 11) is 0. The van der Waals surface area contributed by atoms with Crippen LogP contribution in [-0.4, -0.2) is 34.4 Å². The number of hydrogen-bond donors (Lipinski definition) is 3. The Morgan fingerprint density at radius 1 is 1.53 bits per heavy atom. The molecule has 0 saturated carbocycles. The quantitative estimate of drug-likeness (QED) is 0.764. The Labute approximate surface area is 112 Å². The third kappa shape index (κ3) is 2.10. The highest BCUT2D eigenvalue weighted by Gasteiger charge is 2.41. The molecule has 2 saturated heterocycles. The van der Waals surface area contributed by atoms with Crippen molar-refractivity contribution in [2.75, 3.05) is 5.73 Å². The first-order chi connectivity index (χ1) is 9.06. The van der Waals surface area contributed by atoms with Crippen LogP contribution in [0.3, 0.4) is 0 Å². The lowest BCUT2D eigenvalue weighted by molar-refractivity contribution is 0.0838. The van der Waals surface area contributed by atoms with E-state index in [9.17, 15) is 4.79 Å². The van der Waals surface area contributed by atoms with Crippen molar-refractivity contribution >= 4 is 11.6 Å². The zero-order valence-corrected chi connectivity index (χ0v) is 11.3. The normalized spacial score (nSPS) is 29.1. The average molecular weight is 264 g/mol. The molecule has 0 radical (unpaired) electrons. The van der Waals surface area contributed by atoms with Gasteiger partial charge in [0.05, 0.1) is 29.6 Å². The van der Waals surface area contributed by atoms with Crippen LogP contribution in [-0.2, 0) is 4.74 Å². The lowest BCUT2D eigenvalue weighted by atomic mass is 9.95. The van der Waals surface area contributed by atoms with Gasteiger partial charge in [-0.2, -0.15) is 5.10 Å². The first-order valence-corrected chi connectivity index (χ1v) is 6.86. The lowest BCUT2D eigenvalue weighted by Gasteiger charge is -2.19. The van der Waals surface area contributed by atoms with E-state index in [2.05, 4.69) is 15.5 Å². The number of amides is 1. The van der Waals surface area contributed by atoms with E-state index in [1.165, 1.54) is 0 Å². The fourth-order valence-corrected chi connectivity index (χ4v) is 3.00. The van der Waals surface area contributed by atoms with Gasteiger partial charge in [-0.05, 0) is 25.2 Å². The monoisotopic (exact) mass is 264 g/mol.